The van der Waals surface area contributed by atoms with Crippen LogP contribution in [0.3, 0.4) is 0 Å². The lowest BCUT2D eigenvalue weighted by Crippen LogP contribution is -2.40. The molecule has 0 unspecified atom stereocenters. The Morgan fingerprint density at radius 3 is 2.55 bits per heavy atom. The maximum absolute atomic E-state index is 14.2. The topological polar surface area (TPSA) is 79.1 Å². The first kappa shape index (κ1) is 29.0. The molecule has 0 amide bonds. The summed E-state index contributed by atoms with van der Waals surface area (Å²) in [5.74, 6) is 2.88. The zero-order chi connectivity index (χ0) is 29.6. The van der Waals surface area contributed by atoms with Crippen LogP contribution in [0.5, 0.6) is 11.5 Å². The monoisotopic (exact) mass is 596 g/mol. The van der Waals surface area contributed by atoms with E-state index in [-0.39, 0.29) is 18.8 Å². The van der Waals surface area contributed by atoms with Gasteiger partial charge in [-0.1, -0.05) is 71.9 Å². The fourth-order valence-electron chi connectivity index (χ4n) is 4.76. The van der Waals surface area contributed by atoms with Gasteiger partial charge in [0.05, 0.1) is 35.6 Å². The van der Waals surface area contributed by atoms with Gasteiger partial charge in [-0.05, 0) is 43.0 Å². The van der Waals surface area contributed by atoms with Crippen LogP contribution in [0.2, 0.25) is 0 Å². The molecular formula is C33H28N2O5S2. The number of nitrogens with zero attached hydrogens (tertiary/aromatic N) is 2. The van der Waals surface area contributed by atoms with Gasteiger partial charge >= 0.3 is 5.97 Å². The summed E-state index contributed by atoms with van der Waals surface area (Å²) >= 11 is 2.85. The van der Waals surface area contributed by atoms with Gasteiger partial charge in [-0.2, -0.15) is 0 Å². The number of hydrogen-bond acceptors (Lipinski definition) is 8. The Morgan fingerprint density at radius 2 is 1.88 bits per heavy atom. The van der Waals surface area contributed by atoms with Crippen molar-refractivity contribution in [1.29, 1.82) is 0 Å². The van der Waals surface area contributed by atoms with Crippen molar-refractivity contribution in [3.63, 3.8) is 0 Å². The fourth-order valence-corrected chi connectivity index (χ4v) is 6.16. The highest BCUT2D eigenvalue weighted by atomic mass is 32.2. The van der Waals surface area contributed by atoms with Gasteiger partial charge < -0.3 is 14.2 Å². The van der Waals surface area contributed by atoms with Crippen LogP contribution in [0, 0.1) is 12.3 Å². The van der Waals surface area contributed by atoms with Gasteiger partial charge in [0.1, 0.15) is 6.61 Å². The smallest absolute Gasteiger partial charge is 0.338 e. The van der Waals surface area contributed by atoms with Crippen molar-refractivity contribution in [1.82, 2.24) is 4.57 Å². The van der Waals surface area contributed by atoms with E-state index in [4.69, 9.17) is 25.6 Å². The fraction of sp³-hybridized carbons (Fsp3) is 0.182. The minimum atomic E-state index is -0.754. The van der Waals surface area contributed by atoms with Crippen molar-refractivity contribution in [3.05, 3.63) is 115 Å². The van der Waals surface area contributed by atoms with Gasteiger partial charge in [-0.15, -0.1) is 18.2 Å². The van der Waals surface area contributed by atoms with E-state index in [9.17, 15) is 9.59 Å². The molecule has 0 aliphatic carbocycles. The van der Waals surface area contributed by atoms with E-state index in [2.05, 4.69) is 5.92 Å². The van der Waals surface area contributed by atoms with Gasteiger partial charge in [0.25, 0.3) is 5.56 Å². The first-order valence-electron chi connectivity index (χ1n) is 13.2. The number of hydrogen-bond donors (Lipinski definition) is 0. The Balaban J connectivity index is 1.81. The average molecular weight is 597 g/mol. The van der Waals surface area contributed by atoms with Crippen molar-refractivity contribution in [2.45, 2.75) is 17.9 Å². The predicted molar refractivity (Wildman–Crippen MR) is 167 cm³/mol. The lowest BCUT2D eigenvalue weighted by molar-refractivity contribution is -0.138. The molecule has 0 radical (unpaired) electrons. The van der Waals surface area contributed by atoms with Crippen LogP contribution in [-0.4, -0.2) is 37.1 Å². The summed E-state index contributed by atoms with van der Waals surface area (Å²) in [7, 11) is 1.54. The molecule has 2 heterocycles. The van der Waals surface area contributed by atoms with E-state index in [1.54, 1.807) is 42.5 Å². The van der Waals surface area contributed by atoms with E-state index < -0.39 is 12.0 Å². The van der Waals surface area contributed by atoms with E-state index in [0.717, 1.165) is 16.0 Å². The lowest BCUT2D eigenvalue weighted by Gasteiger charge is -2.26. The van der Waals surface area contributed by atoms with Crippen LogP contribution in [0.15, 0.2) is 93.1 Å². The summed E-state index contributed by atoms with van der Waals surface area (Å²) in [6.45, 7) is 1.98. The number of ether oxygens (including phenoxy) is 3. The molecule has 1 aliphatic rings. The Morgan fingerprint density at radius 1 is 1.12 bits per heavy atom. The van der Waals surface area contributed by atoms with Crippen molar-refractivity contribution >= 4 is 40.8 Å². The summed E-state index contributed by atoms with van der Waals surface area (Å²) in [5, 5.41) is 0. The van der Waals surface area contributed by atoms with Crippen molar-refractivity contribution < 1.29 is 19.0 Å². The Labute approximate surface area is 251 Å². The Hall–Kier alpha value is -4.52. The standard InChI is InChI=1S/C33H28N2O5S2/c1-5-19-40-30-23(13-10-14-25(30)38-3)20-26-31(36)35-29(22-15-17-24(41-4)18-16-22)27(32(37)39-6-2)28(34-33(35)42-26)21-11-8-7-9-12-21/h1,7-18,20,29H,6,19H2,2-4H3/b26-20-/t29-/m0/s1. The maximum atomic E-state index is 14.2. The number of carbonyl (C=O) groups is 1. The third-order valence-electron chi connectivity index (χ3n) is 6.62. The number of carbonyl (C=O) groups excluding carboxylic acids is 1. The predicted octanol–water partition coefficient (Wildman–Crippen LogP) is 4.68. The molecule has 9 heteroatoms. The zero-order valence-corrected chi connectivity index (χ0v) is 25.0. The molecule has 0 fully saturated rings. The molecule has 1 aliphatic heterocycles. The van der Waals surface area contributed by atoms with E-state index >= 15 is 0 Å². The first-order valence-corrected chi connectivity index (χ1v) is 15.2. The highest BCUT2D eigenvalue weighted by Gasteiger charge is 2.35. The van der Waals surface area contributed by atoms with Crippen LogP contribution >= 0.6 is 23.1 Å². The minimum Gasteiger partial charge on any atom is -0.493 e. The molecule has 3 aromatic carbocycles. The number of para-hydroxylation sites is 1. The second-order valence-corrected chi connectivity index (χ2v) is 11.0. The molecule has 42 heavy (non-hydrogen) atoms. The van der Waals surface area contributed by atoms with Gasteiger partial charge in [-0.3, -0.25) is 9.36 Å². The van der Waals surface area contributed by atoms with Crippen LogP contribution in [0.4, 0.5) is 0 Å². The zero-order valence-electron chi connectivity index (χ0n) is 23.3. The molecule has 7 nitrogen and oxygen atoms in total. The van der Waals surface area contributed by atoms with E-state index in [0.29, 0.717) is 37.7 Å². The molecule has 0 saturated carbocycles. The largest absolute Gasteiger partial charge is 0.493 e. The number of thiazole rings is 1. The number of terminal acetylenes is 1. The van der Waals surface area contributed by atoms with Crippen molar-refractivity contribution in [2.75, 3.05) is 26.6 Å². The normalized spacial score (nSPS) is 14.5. The molecule has 212 valence electrons. The van der Waals surface area contributed by atoms with Gasteiger partial charge in [0.15, 0.2) is 16.3 Å². The summed E-state index contributed by atoms with van der Waals surface area (Å²) in [6, 6.07) is 21.9. The molecule has 1 atom stereocenters. The van der Waals surface area contributed by atoms with Crippen LogP contribution in [-0.2, 0) is 9.53 Å². The molecule has 1 aromatic heterocycles. The Kier molecular flexibility index (Phi) is 8.96. The highest BCUT2D eigenvalue weighted by molar-refractivity contribution is 7.98. The molecule has 5 rings (SSSR count). The average Bonchev–Trinajstić information content (AvgIpc) is 3.34. The minimum absolute atomic E-state index is 0.0395. The second kappa shape index (κ2) is 13.0. The summed E-state index contributed by atoms with van der Waals surface area (Å²) in [4.78, 5) is 34.2. The first-order chi connectivity index (χ1) is 20.5. The SMILES string of the molecule is C#CCOc1c(/C=c2\sc3n(c2=O)[C@@H](c2ccc(SC)cc2)C(C(=O)OCC)=C(c2ccccc2)N=3)cccc1OC. The number of fused-ring (bicyclic) bond motifs is 1. The third-order valence-corrected chi connectivity index (χ3v) is 8.35. The number of esters is 1. The molecular weight excluding hydrogens is 569 g/mol. The second-order valence-electron chi connectivity index (χ2n) is 9.08. The lowest BCUT2D eigenvalue weighted by atomic mass is 9.93. The Bertz CT molecular complexity index is 1870. The molecule has 0 bridgehead atoms. The van der Waals surface area contributed by atoms with E-state index in [1.807, 2.05) is 73.0 Å². The molecule has 0 saturated heterocycles. The van der Waals surface area contributed by atoms with Gasteiger partial charge in [0, 0.05) is 16.0 Å². The number of rotatable bonds is 9. The summed E-state index contributed by atoms with van der Waals surface area (Å²) in [5.41, 5.74) is 2.63. The number of methoxy groups -OCH3 is 1. The number of benzene rings is 3. The van der Waals surface area contributed by atoms with E-state index in [1.165, 1.54) is 11.3 Å². The molecule has 0 N–H and O–H groups in total. The molecule has 0 spiro atoms. The summed E-state index contributed by atoms with van der Waals surface area (Å²) in [6.07, 6.45) is 9.17. The number of thioether (sulfide) groups is 1. The maximum Gasteiger partial charge on any atom is 0.338 e. The highest BCUT2D eigenvalue weighted by Crippen LogP contribution is 2.36. The van der Waals surface area contributed by atoms with Crippen molar-refractivity contribution in [3.8, 4) is 23.8 Å². The van der Waals surface area contributed by atoms with Crippen LogP contribution in [0.25, 0.3) is 11.8 Å². The van der Waals surface area contributed by atoms with Gasteiger partial charge in [-0.25, -0.2) is 9.79 Å². The van der Waals surface area contributed by atoms with Gasteiger partial charge in [0.2, 0.25) is 0 Å². The third kappa shape index (κ3) is 5.64. The van der Waals surface area contributed by atoms with Crippen molar-refractivity contribution in [2.24, 2.45) is 4.99 Å². The van der Waals surface area contributed by atoms with Crippen LogP contribution in [0.1, 0.15) is 29.7 Å². The van der Waals surface area contributed by atoms with Crippen LogP contribution < -0.4 is 24.4 Å². The summed E-state index contributed by atoms with van der Waals surface area (Å²) < 4.78 is 18.8. The number of aromatic nitrogens is 1. The molecule has 4 aromatic rings. The quantitative estimate of drug-likeness (QED) is 0.159.